The smallest absolute Gasteiger partial charge is 0.256 e. The second-order valence-electron chi connectivity index (χ2n) is 10.1. The van der Waals surface area contributed by atoms with E-state index < -0.39 is 9.84 Å². The Balaban J connectivity index is 0.000000436. The minimum absolute atomic E-state index is 0.120. The van der Waals surface area contributed by atoms with E-state index in [1.165, 1.54) is 25.1 Å². The maximum atomic E-state index is 12.9. The van der Waals surface area contributed by atoms with Gasteiger partial charge in [0.1, 0.15) is 0 Å². The van der Waals surface area contributed by atoms with E-state index in [4.69, 9.17) is 0 Å². The molecule has 1 aliphatic rings. The van der Waals surface area contributed by atoms with Gasteiger partial charge in [0, 0.05) is 41.3 Å². The molecule has 4 rings (SSSR count). The molecule has 1 aromatic heterocycles. The fourth-order valence-electron chi connectivity index (χ4n) is 4.45. The van der Waals surface area contributed by atoms with E-state index in [1.54, 1.807) is 50.3 Å². The van der Waals surface area contributed by atoms with Crippen LogP contribution >= 0.6 is 0 Å². The van der Waals surface area contributed by atoms with Crippen molar-refractivity contribution in [3.8, 4) is 0 Å². The number of aromatic nitrogens is 1. The average Bonchev–Trinajstić information content (AvgIpc) is 3.43. The van der Waals surface area contributed by atoms with E-state index in [-0.39, 0.29) is 16.6 Å². The van der Waals surface area contributed by atoms with Gasteiger partial charge in [0.2, 0.25) is 0 Å². The zero-order valence-electron chi connectivity index (χ0n) is 26.0. The lowest BCUT2D eigenvalue weighted by Gasteiger charge is -2.16. The summed E-state index contributed by atoms with van der Waals surface area (Å²) in [5.41, 5.74) is 4.78. The molecule has 0 aliphatic carbocycles. The van der Waals surface area contributed by atoms with E-state index in [0.29, 0.717) is 39.3 Å². The Morgan fingerprint density at radius 1 is 0.976 bits per heavy atom. The van der Waals surface area contributed by atoms with Gasteiger partial charge in [0.05, 0.1) is 16.2 Å². The number of carbonyl (C=O) groups is 2. The maximum Gasteiger partial charge on any atom is 0.256 e. The van der Waals surface area contributed by atoms with Crippen molar-refractivity contribution in [2.24, 2.45) is 0 Å². The Hall–Kier alpha value is -3.53. The Kier molecular flexibility index (Phi) is 13.9. The summed E-state index contributed by atoms with van der Waals surface area (Å²) in [5.74, 6) is -0.438. The van der Waals surface area contributed by atoms with Crippen molar-refractivity contribution in [1.29, 1.82) is 0 Å². The van der Waals surface area contributed by atoms with Crippen molar-refractivity contribution < 1.29 is 18.0 Å². The van der Waals surface area contributed by atoms with E-state index >= 15 is 0 Å². The third-order valence-corrected chi connectivity index (χ3v) is 8.53. The third kappa shape index (κ3) is 9.24. The third-order valence-electron chi connectivity index (χ3n) is 6.85. The number of sulfone groups is 1. The highest BCUT2D eigenvalue weighted by molar-refractivity contribution is 7.90. The van der Waals surface area contributed by atoms with Crippen LogP contribution in [0.4, 0.5) is 5.69 Å². The van der Waals surface area contributed by atoms with Crippen LogP contribution in [0.2, 0.25) is 0 Å². The van der Waals surface area contributed by atoms with Gasteiger partial charge in [-0.05, 0) is 69.4 Å². The molecule has 1 aliphatic heterocycles. The Bertz CT molecular complexity index is 1460. The van der Waals surface area contributed by atoms with Crippen molar-refractivity contribution >= 4 is 39.4 Å². The molecule has 0 fully saturated rings. The zero-order chi connectivity index (χ0) is 31.3. The van der Waals surface area contributed by atoms with Gasteiger partial charge in [-0.2, -0.15) is 0 Å². The molecule has 0 radical (unpaired) electrons. The molecular formula is C33H46N4O4S. The molecule has 0 unspecified atom stereocenters. The molecule has 8 nitrogen and oxygen atoms in total. The number of rotatable bonds is 10. The van der Waals surface area contributed by atoms with Crippen LogP contribution in [0, 0.1) is 13.8 Å². The first-order valence-corrected chi connectivity index (χ1v) is 16.2. The summed E-state index contributed by atoms with van der Waals surface area (Å²) >= 11 is 0. The number of likely N-dealkylation sites (N-methyl/N-ethyl adjacent to an activating group) is 2. The molecule has 0 saturated heterocycles. The normalized spacial score (nSPS) is 13.1. The van der Waals surface area contributed by atoms with Crippen LogP contribution in [-0.4, -0.2) is 63.7 Å². The molecule has 0 saturated carbocycles. The second-order valence-corrected chi connectivity index (χ2v) is 12.1. The van der Waals surface area contributed by atoms with Gasteiger partial charge >= 0.3 is 0 Å². The molecule has 9 heteroatoms. The fraction of sp³-hybridized carbons (Fsp3) is 0.394. The summed E-state index contributed by atoms with van der Waals surface area (Å²) in [6.07, 6.45) is 3.68. The molecule has 0 bridgehead atoms. The van der Waals surface area contributed by atoms with Crippen molar-refractivity contribution in [3.63, 3.8) is 0 Å². The van der Waals surface area contributed by atoms with Gasteiger partial charge in [-0.25, -0.2) is 8.42 Å². The van der Waals surface area contributed by atoms with Crippen LogP contribution in [0.25, 0.3) is 11.6 Å². The minimum atomic E-state index is -3.58. The van der Waals surface area contributed by atoms with Crippen molar-refractivity contribution in [2.75, 3.05) is 38.5 Å². The number of aldehydes is 1. The predicted molar refractivity (Wildman–Crippen MR) is 174 cm³/mol. The summed E-state index contributed by atoms with van der Waals surface area (Å²) in [6.45, 7) is 16.8. The molecule has 1 amide bonds. The zero-order valence-corrected chi connectivity index (χ0v) is 26.8. The standard InChI is InChI=1S/C23H20N2O4S.C7H18N2.C3H8/c1-14-20(12-26)15(2)24-22(14)11-19-18-10-17(8-9-21(18)25-23(19)27)30(28,29)13-16-6-4-3-5-7-16;1-4-9(5-2)7-6-8-3;1-3-2/h3-12,24H,13H2,1-2H3,(H,25,27);8H,4-7H2,1-3H3;3H2,1-2H3/b19-11-;;. The number of nitrogens with zero attached hydrogens (tertiary/aromatic N) is 1. The maximum absolute atomic E-state index is 12.9. The van der Waals surface area contributed by atoms with Gasteiger partial charge in [0.15, 0.2) is 16.1 Å². The number of aryl methyl sites for hydroxylation is 1. The highest BCUT2D eigenvalue weighted by Crippen LogP contribution is 2.36. The van der Waals surface area contributed by atoms with Crippen LogP contribution in [0.1, 0.15) is 72.6 Å². The number of fused-ring (bicyclic) bond motifs is 1. The largest absolute Gasteiger partial charge is 0.358 e. The SMILES string of the molecule is CCC.CCN(CC)CCNC.Cc1[nH]c(/C=C2\C(=O)Nc3ccc(S(=O)(=O)Cc4ccccc4)cc32)c(C)c1C=O. The molecule has 0 spiro atoms. The molecule has 2 heterocycles. The second kappa shape index (κ2) is 16.8. The quantitative estimate of drug-likeness (QED) is 0.200. The number of carbonyl (C=O) groups excluding carboxylic acids is 2. The van der Waals surface area contributed by atoms with Crippen LogP contribution in [0.5, 0.6) is 0 Å². The average molecular weight is 595 g/mol. The van der Waals surface area contributed by atoms with Gasteiger partial charge < -0.3 is 20.5 Å². The molecule has 228 valence electrons. The summed E-state index contributed by atoms with van der Waals surface area (Å²) < 4.78 is 25.8. The Labute approximate surface area is 251 Å². The number of hydrogen-bond donors (Lipinski definition) is 3. The molecule has 3 N–H and O–H groups in total. The summed E-state index contributed by atoms with van der Waals surface area (Å²) in [4.78, 5) is 29.5. The lowest BCUT2D eigenvalue weighted by Crippen LogP contribution is -2.30. The van der Waals surface area contributed by atoms with Crippen LogP contribution in [-0.2, 0) is 20.4 Å². The molecular weight excluding hydrogens is 548 g/mol. The number of amides is 1. The van der Waals surface area contributed by atoms with Gasteiger partial charge in [-0.1, -0.05) is 64.4 Å². The number of anilines is 1. The van der Waals surface area contributed by atoms with Gasteiger partial charge in [-0.3, -0.25) is 9.59 Å². The van der Waals surface area contributed by atoms with E-state index in [9.17, 15) is 18.0 Å². The lowest BCUT2D eigenvalue weighted by molar-refractivity contribution is -0.110. The number of aromatic amines is 1. The number of H-pyrrole nitrogens is 1. The summed E-state index contributed by atoms with van der Waals surface area (Å²) in [7, 11) is -1.59. The van der Waals surface area contributed by atoms with Crippen LogP contribution in [0.15, 0.2) is 53.4 Å². The molecule has 3 aromatic rings. The number of hydrogen-bond acceptors (Lipinski definition) is 6. The summed E-state index contributed by atoms with van der Waals surface area (Å²) in [5, 5.41) is 5.89. The Morgan fingerprint density at radius 3 is 2.17 bits per heavy atom. The van der Waals surface area contributed by atoms with Crippen molar-refractivity contribution in [1.82, 2.24) is 15.2 Å². The Morgan fingerprint density at radius 2 is 1.62 bits per heavy atom. The van der Waals surface area contributed by atoms with Crippen LogP contribution in [0.3, 0.4) is 0 Å². The predicted octanol–water partition coefficient (Wildman–Crippen LogP) is 5.87. The molecule has 2 aromatic carbocycles. The monoisotopic (exact) mass is 594 g/mol. The molecule has 0 atom stereocenters. The number of benzene rings is 2. The van der Waals surface area contributed by atoms with Gasteiger partial charge in [-0.15, -0.1) is 0 Å². The first-order valence-electron chi connectivity index (χ1n) is 14.5. The van der Waals surface area contributed by atoms with E-state index in [0.717, 1.165) is 31.5 Å². The van der Waals surface area contributed by atoms with E-state index in [1.807, 2.05) is 13.1 Å². The number of nitrogens with one attached hydrogen (secondary N) is 3. The van der Waals surface area contributed by atoms with Crippen molar-refractivity contribution in [3.05, 3.63) is 82.2 Å². The molecule has 42 heavy (non-hydrogen) atoms. The van der Waals surface area contributed by atoms with E-state index in [2.05, 4.69) is 48.2 Å². The highest BCUT2D eigenvalue weighted by atomic mass is 32.2. The van der Waals surface area contributed by atoms with Crippen molar-refractivity contribution in [2.45, 2.75) is 58.6 Å². The topological polar surface area (TPSA) is 111 Å². The minimum Gasteiger partial charge on any atom is -0.358 e. The first kappa shape index (κ1) is 34.7. The summed E-state index contributed by atoms with van der Waals surface area (Å²) in [6, 6.07) is 13.6. The first-order chi connectivity index (χ1) is 20.1. The fourth-order valence-corrected chi connectivity index (χ4v) is 5.82. The van der Waals surface area contributed by atoms with Crippen LogP contribution < -0.4 is 10.6 Å². The highest BCUT2D eigenvalue weighted by Gasteiger charge is 2.27. The van der Waals surface area contributed by atoms with Gasteiger partial charge in [0.25, 0.3) is 5.91 Å². The lowest BCUT2D eigenvalue weighted by atomic mass is 10.0.